The summed E-state index contributed by atoms with van der Waals surface area (Å²) in [4.78, 5) is 23.9. The number of epoxide rings is 1. The van der Waals surface area contributed by atoms with Gasteiger partial charge < -0.3 is 4.74 Å². The van der Waals surface area contributed by atoms with E-state index >= 15 is 0 Å². The van der Waals surface area contributed by atoms with Gasteiger partial charge in [0.2, 0.25) is 0 Å². The Morgan fingerprint density at radius 2 is 1.50 bits per heavy atom. The van der Waals surface area contributed by atoms with E-state index in [-0.39, 0.29) is 41.0 Å². The van der Waals surface area contributed by atoms with Crippen molar-refractivity contribution >= 4 is 11.6 Å². The van der Waals surface area contributed by atoms with E-state index in [9.17, 15) is 9.59 Å². The van der Waals surface area contributed by atoms with Crippen LogP contribution in [0.25, 0.3) is 0 Å². The average molecular weight is 214 g/mol. The molecule has 3 fully saturated rings. The molecular weight excluding hydrogens is 204 g/mol. The second-order valence-electron chi connectivity index (χ2n) is 5.64. The Bertz CT molecular complexity index is 493. The maximum absolute atomic E-state index is 11.9. The molecule has 0 aromatic heterocycles. The minimum Gasteiger partial charge on any atom is -0.368 e. The van der Waals surface area contributed by atoms with Crippen LogP contribution in [-0.2, 0) is 14.3 Å². The van der Waals surface area contributed by atoms with Crippen LogP contribution < -0.4 is 0 Å². The van der Waals surface area contributed by atoms with Crippen LogP contribution in [0.2, 0.25) is 0 Å². The summed E-state index contributed by atoms with van der Waals surface area (Å²) in [5.74, 6) is 0.613. The lowest BCUT2D eigenvalue weighted by atomic mass is 9.84. The van der Waals surface area contributed by atoms with Crippen LogP contribution in [0.3, 0.4) is 0 Å². The highest BCUT2D eigenvalue weighted by molar-refractivity contribution is 6.22. The van der Waals surface area contributed by atoms with Crippen LogP contribution in [0, 0.1) is 17.3 Å². The van der Waals surface area contributed by atoms with Crippen molar-refractivity contribution in [1.29, 1.82) is 0 Å². The topological polar surface area (TPSA) is 46.7 Å². The highest BCUT2D eigenvalue weighted by Crippen LogP contribution is 2.78. The van der Waals surface area contributed by atoms with Crippen molar-refractivity contribution in [3.63, 3.8) is 0 Å². The summed E-state index contributed by atoms with van der Waals surface area (Å²) in [6.07, 6.45) is 5.74. The lowest BCUT2D eigenvalue weighted by molar-refractivity contribution is -0.115. The van der Waals surface area contributed by atoms with Gasteiger partial charge in [0.05, 0.1) is 12.2 Å². The molecule has 80 valence electrons. The van der Waals surface area contributed by atoms with Gasteiger partial charge in [-0.1, -0.05) is 0 Å². The molecule has 0 amide bonds. The van der Waals surface area contributed by atoms with E-state index < -0.39 is 0 Å². The molecule has 1 spiro atoms. The molecule has 1 saturated heterocycles. The average Bonchev–Trinajstić information content (AvgIpc) is 3.13. The van der Waals surface area contributed by atoms with Gasteiger partial charge in [-0.05, 0) is 30.4 Å². The van der Waals surface area contributed by atoms with E-state index in [4.69, 9.17) is 4.74 Å². The van der Waals surface area contributed by atoms with Gasteiger partial charge in [-0.15, -0.1) is 0 Å². The second-order valence-corrected chi connectivity index (χ2v) is 5.64. The van der Waals surface area contributed by atoms with Crippen LogP contribution in [0.1, 0.15) is 12.8 Å². The smallest absolute Gasteiger partial charge is 0.182 e. The molecule has 5 aliphatic rings. The number of fused-ring (bicyclic) bond motifs is 5. The number of hydrogen-bond donors (Lipinski definition) is 0. The zero-order chi connectivity index (χ0) is 10.7. The van der Waals surface area contributed by atoms with E-state index in [1.54, 1.807) is 0 Å². The Labute approximate surface area is 92.1 Å². The van der Waals surface area contributed by atoms with Crippen molar-refractivity contribution in [3.8, 4) is 0 Å². The van der Waals surface area contributed by atoms with Gasteiger partial charge in [0, 0.05) is 23.0 Å². The molecule has 16 heavy (non-hydrogen) atoms. The molecule has 1 heterocycles. The van der Waals surface area contributed by atoms with Gasteiger partial charge in [0.15, 0.2) is 11.6 Å². The summed E-state index contributed by atoms with van der Waals surface area (Å²) in [6, 6.07) is 0. The number of hydrogen-bond acceptors (Lipinski definition) is 3. The molecule has 1 aliphatic heterocycles. The zero-order valence-corrected chi connectivity index (χ0v) is 8.60. The fourth-order valence-corrected chi connectivity index (χ4v) is 4.43. The van der Waals surface area contributed by atoms with Gasteiger partial charge in [-0.2, -0.15) is 0 Å². The number of carbonyl (C=O) groups is 2. The lowest BCUT2D eigenvalue weighted by Gasteiger charge is -2.18. The van der Waals surface area contributed by atoms with E-state index in [1.807, 2.05) is 0 Å². The quantitative estimate of drug-likeness (QED) is 0.442. The molecule has 3 nitrogen and oxygen atoms in total. The Morgan fingerprint density at radius 1 is 1.00 bits per heavy atom. The van der Waals surface area contributed by atoms with E-state index in [0.29, 0.717) is 0 Å². The molecule has 4 atom stereocenters. The van der Waals surface area contributed by atoms with Crippen molar-refractivity contribution in [2.75, 3.05) is 0 Å². The van der Waals surface area contributed by atoms with Crippen LogP contribution in [-0.4, -0.2) is 23.8 Å². The van der Waals surface area contributed by atoms with Gasteiger partial charge in [0.25, 0.3) is 0 Å². The van der Waals surface area contributed by atoms with Gasteiger partial charge in [0.1, 0.15) is 0 Å². The third-order valence-electron chi connectivity index (χ3n) is 5.11. The van der Waals surface area contributed by atoms with Gasteiger partial charge in [-0.3, -0.25) is 9.59 Å². The van der Waals surface area contributed by atoms with E-state index in [0.717, 1.165) is 11.1 Å². The van der Waals surface area contributed by atoms with Crippen LogP contribution >= 0.6 is 0 Å². The van der Waals surface area contributed by atoms with Gasteiger partial charge >= 0.3 is 0 Å². The maximum Gasteiger partial charge on any atom is 0.182 e. The first kappa shape index (κ1) is 7.96. The minimum absolute atomic E-state index is 0.0577. The molecule has 2 bridgehead atoms. The zero-order valence-electron chi connectivity index (χ0n) is 8.60. The van der Waals surface area contributed by atoms with Crippen LogP contribution in [0.15, 0.2) is 23.3 Å². The largest absolute Gasteiger partial charge is 0.368 e. The summed E-state index contributed by atoms with van der Waals surface area (Å²) in [5.41, 5.74) is 1.89. The molecule has 5 rings (SSSR count). The van der Waals surface area contributed by atoms with Crippen LogP contribution in [0.4, 0.5) is 0 Å². The molecule has 0 unspecified atom stereocenters. The van der Waals surface area contributed by atoms with Crippen molar-refractivity contribution < 1.29 is 14.3 Å². The highest BCUT2D eigenvalue weighted by atomic mass is 16.6. The standard InChI is InChI=1S/C13H10O3/c14-5-1-2-6(15)8-7(5)9-11-12(16-11)10(8)13(9)3-4-13/h1-2,9-12H,3-4H2/t9-,10+,11-,12+. The predicted octanol–water partition coefficient (Wildman–Crippen LogP) is 0.798. The molecule has 0 N–H and O–H groups in total. The summed E-state index contributed by atoms with van der Waals surface area (Å²) in [7, 11) is 0. The van der Waals surface area contributed by atoms with E-state index in [1.165, 1.54) is 25.0 Å². The Balaban J connectivity index is 1.79. The summed E-state index contributed by atoms with van der Waals surface area (Å²) in [5, 5.41) is 0. The maximum atomic E-state index is 11.9. The molecule has 0 aromatic carbocycles. The highest BCUT2D eigenvalue weighted by Gasteiger charge is 2.79. The molecule has 0 aromatic rings. The van der Waals surface area contributed by atoms with E-state index in [2.05, 4.69) is 0 Å². The minimum atomic E-state index is 0.0577. The molecule has 4 aliphatic carbocycles. The number of allylic oxidation sites excluding steroid dienone is 2. The molecule has 2 saturated carbocycles. The first-order valence-electron chi connectivity index (χ1n) is 5.90. The van der Waals surface area contributed by atoms with Gasteiger partial charge in [-0.25, -0.2) is 0 Å². The molecule has 0 radical (unpaired) electrons. The first-order valence-corrected chi connectivity index (χ1v) is 5.90. The SMILES string of the molecule is O=C1C=CC(=O)C2=C1[C@@H]1[C@H]3O[C@H]3[C@H]2C12CC2. The Morgan fingerprint density at radius 3 is 1.94 bits per heavy atom. The molecular formula is C13H10O3. The first-order chi connectivity index (χ1) is 7.74. The summed E-state index contributed by atoms with van der Waals surface area (Å²) >= 11 is 0. The number of ketones is 2. The van der Waals surface area contributed by atoms with Crippen molar-refractivity contribution in [1.82, 2.24) is 0 Å². The second kappa shape index (κ2) is 1.97. The monoisotopic (exact) mass is 214 g/mol. The Kier molecular flexibility index (Phi) is 0.981. The third kappa shape index (κ3) is 0.591. The predicted molar refractivity (Wildman–Crippen MR) is 53.5 cm³/mol. The lowest BCUT2D eigenvalue weighted by Crippen LogP contribution is -2.23. The summed E-state index contributed by atoms with van der Waals surface area (Å²) < 4.78 is 5.63. The van der Waals surface area contributed by atoms with Crippen molar-refractivity contribution in [2.24, 2.45) is 17.3 Å². The number of rotatable bonds is 0. The fourth-order valence-electron chi connectivity index (χ4n) is 4.43. The Hall–Kier alpha value is -1.22. The van der Waals surface area contributed by atoms with Crippen LogP contribution in [0.5, 0.6) is 0 Å². The van der Waals surface area contributed by atoms with Crippen molar-refractivity contribution in [3.05, 3.63) is 23.3 Å². The summed E-state index contributed by atoms with van der Waals surface area (Å²) in [6.45, 7) is 0. The number of carbonyl (C=O) groups excluding carboxylic acids is 2. The van der Waals surface area contributed by atoms with Crippen molar-refractivity contribution in [2.45, 2.75) is 25.0 Å². The molecule has 3 heteroatoms. The normalized spacial score (nSPS) is 48.8. The third-order valence-corrected chi connectivity index (χ3v) is 5.11. The fraction of sp³-hybridized carbons (Fsp3) is 0.538. The number of ether oxygens (including phenoxy) is 1.